The molecule has 3 nitrogen and oxygen atoms in total. The molecule has 4 unspecified atom stereocenters. The highest BCUT2D eigenvalue weighted by Crippen LogP contribution is 2.66. The summed E-state index contributed by atoms with van der Waals surface area (Å²) >= 11 is 0. The van der Waals surface area contributed by atoms with Gasteiger partial charge in [0.1, 0.15) is 0 Å². The summed E-state index contributed by atoms with van der Waals surface area (Å²) in [5.41, 5.74) is 30.2. The Labute approximate surface area is 488 Å². The molecule has 7 aromatic carbocycles. The van der Waals surface area contributed by atoms with Gasteiger partial charge in [-0.15, -0.1) is 0 Å². The van der Waals surface area contributed by atoms with E-state index < -0.39 is 0 Å². The van der Waals surface area contributed by atoms with Crippen molar-refractivity contribution in [3.8, 4) is 22.3 Å². The topological polar surface area (TPSA) is 9.72 Å². The first kappa shape index (κ1) is 53.0. The average molecular weight is 1070 g/mol. The van der Waals surface area contributed by atoms with Crippen molar-refractivity contribution in [2.24, 2.45) is 0 Å². The van der Waals surface area contributed by atoms with E-state index in [2.05, 4.69) is 261 Å². The Morgan fingerprint density at radius 3 is 1.54 bits per heavy atom. The molecule has 2 saturated carbocycles. The summed E-state index contributed by atoms with van der Waals surface area (Å²) in [5.74, 6) is 0. The molecule has 4 atom stereocenters. The molecule has 0 saturated heterocycles. The maximum Gasteiger partial charge on any atom is 0.252 e. The minimum Gasteiger partial charge on any atom is -0.335 e. The third-order valence-electron chi connectivity index (χ3n) is 23.0. The Bertz CT molecular complexity index is 3830. The first-order chi connectivity index (χ1) is 37.9. The van der Waals surface area contributed by atoms with Crippen LogP contribution in [0.1, 0.15) is 221 Å². The lowest BCUT2D eigenvalue weighted by molar-refractivity contribution is 0.194. The zero-order chi connectivity index (χ0) is 57.3. The van der Waals surface area contributed by atoms with Crippen molar-refractivity contribution in [3.05, 3.63) is 166 Å². The fourth-order valence-electron chi connectivity index (χ4n) is 17.6. The Hall–Kier alpha value is -6.00. The molecule has 0 aromatic heterocycles. The van der Waals surface area contributed by atoms with E-state index in [0.717, 1.165) is 12.8 Å². The predicted octanol–water partition coefficient (Wildman–Crippen LogP) is 18.9. The molecule has 81 heavy (non-hydrogen) atoms. The van der Waals surface area contributed by atoms with Crippen LogP contribution in [0.3, 0.4) is 0 Å². The summed E-state index contributed by atoms with van der Waals surface area (Å²) in [6, 6.07) is 50.2. The van der Waals surface area contributed by atoms with E-state index in [9.17, 15) is 0 Å². The molecular weight excluding hydrogens is 978 g/mol. The van der Waals surface area contributed by atoms with Crippen molar-refractivity contribution in [2.45, 2.75) is 225 Å². The molecule has 0 radical (unpaired) electrons. The van der Waals surface area contributed by atoms with E-state index in [4.69, 9.17) is 0 Å². The second-order valence-electron chi connectivity index (χ2n) is 32.1. The lowest BCUT2D eigenvalue weighted by atomic mass is 9.33. The number of hydrogen-bond acceptors (Lipinski definition) is 3. The fraction of sp³-hybridized carbons (Fsp3) is 0.455. The van der Waals surface area contributed by atoms with Gasteiger partial charge < -0.3 is 14.7 Å². The Morgan fingerprint density at radius 2 is 0.914 bits per heavy atom. The third kappa shape index (κ3) is 7.01. The minimum absolute atomic E-state index is 0.00276. The van der Waals surface area contributed by atoms with Gasteiger partial charge in [-0.1, -0.05) is 227 Å². The highest BCUT2D eigenvalue weighted by Gasteiger charge is 2.63. The first-order valence-electron chi connectivity index (χ1n) is 31.4. The molecule has 0 spiro atoms. The molecule has 4 heterocycles. The van der Waals surface area contributed by atoms with Gasteiger partial charge in [0, 0.05) is 61.5 Å². The van der Waals surface area contributed by atoms with E-state index in [1.165, 1.54) is 156 Å². The van der Waals surface area contributed by atoms with Gasteiger partial charge in [0.25, 0.3) is 6.71 Å². The van der Waals surface area contributed by atoms with Gasteiger partial charge in [0.15, 0.2) is 0 Å². The number of nitrogens with zero attached hydrogens (tertiary/aromatic N) is 3. The van der Waals surface area contributed by atoms with Gasteiger partial charge in [0.2, 0.25) is 0 Å². The Balaban J connectivity index is 1.18. The Morgan fingerprint density at radius 1 is 0.395 bits per heavy atom. The molecule has 0 N–H and O–H groups in total. The molecule has 2 fully saturated rings. The summed E-state index contributed by atoms with van der Waals surface area (Å²) in [7, 11) is 0. The molecule has 4 aliphatic heterocycles. The zero-order valence-corrected chi connectivity index (χ0v) is 52.6. The van der Waals surface area contributed by atoms with Crippen LogP contribution in [0.2, 0.25) is 0 Å². The van der Waals surface area contributed by atoms with Gasteiger partial charge in [-0.2, -0.15) is 0 Å². The van der Waals surface area contributed by atoms with Crippen molar-refractivity contribution < 1.29 is 0 Å². The molecule has 7 aliphatic rings. The Kier molecular flexibility index (Phi) is 10.9. The molecule has 3 aliphatic carbocycles. The van der Waals surface area contributed by atoms with Crippen LogP contribution in [-0.2, 0) is 37.9 Å². The van der Waals surface area contributed by atoms with Crippen LogP contribution in [0.15, 0.2) is 121 Å². The van der Waals surface area contributed by atoms with Gasteiger partial charge in [-0.3, -0.25) is 0 Å². The van der Waals surface area contributed by atoms with Crippen LogP contribution in [0, 0.1) is 0 Å². The van der Waals surface area contributed by atoms with Gasteiger partial charge >= 0.3 is 0 Å². The molecular formula is C77H90BN3. The van der Waals surface area contributed by atoms with Gasteiger partial charge in [0.05, 0.1) is 16.8 Å². The number of hydrogen-bond donors (Lipinski definition) is 0. The maximum atomic E-state index is 3.00. The molecule has 0 bridgehead atoms. The van der Waals surface area contributed by atoms with E-state index >= 15 is 0 Å². The highest BCUT2D eigenvalue weighted by atomic mass is 15.3. The maximum absolute atomic E-state index is 3.00. The number of fused-ring (bicyclic) bond motifs is 14. The van der Waals surface area contributed by atoms with Crippen molar-refractivity contribution in [1.82, 2.24) is 0 Å². The summed E-state index contributed by atoms with van der Waals surface area (Å²) in [5, 5.41) is 0. The number of rotatable bonds is 3. The van der Waals surface area contributed by atoms with Crippen LogP contribution < -0.4 is 31.1 Å². The van der Waals surface area contributed by atoms with E-state index in [1.54, 1.807) is 5.56 Å². The van der Waals surface area contributed by atoms with E-state index in [0.29, 0.717) is 0 Å². The highest BCUT2D eigenvalue weighted by molar-refractivity contribution is 7.00. The van der Waals surface area contributed by atoms with Crippen molar-refractivity contribution in [3.63, 3.8) is 0 Å². The van der Waals surface area contributed by atoms with Crippen molar-refractivity contribution in [1.29, 1.82) is 0 Å². The van der Waals surface area contributed by atoms with Crippen LogP contribution in [-0.4, -0.2) is 17.8 Å². The van der Waals surface area contributed by atoms with Crippen molar-refractivity contribution >= 4 is 62.9 Å². The molecule has 416 valence electrons. The lowest BCUT2D eigenvalue weighted by Gasteiger charge is -2.54. The first-order valence-corrected chi connectivity index (χ1v) is 31.4. The fourth-order valence-corrected chi connectivity index (χ4v) is 17.6. The summed E-state index contributed by atoms with van der Waals surface area (Å²) < 4.78 is 0. The van der Waals surface area contributed by atoms with Gasteiger partial charge in [-0.25, -0.2) is 0 Å². The minimum atomic E-state index is -0.214. The quantitative estimate of drug-likeness (QED) is 0.163. The second-order valence-corrected chi connectivity index (χ2v) is 32.1. The zero-order valence-electron chi connectivity index (χ0n) is 52.6. The number of benzene rings is 7. The molecule has 14 rings (SSSR count). The predicted molar refractivity (Wildman–Crippen MR) is 349 cm³/mol. The largest absolute Gasteiger partial charge is 0.335 e. The second kappa shape index (κ2) is 16.6. The smallest absolute Gasteiger partial charge is 0.252 e. The molecule has 0 amide bonds. The van der Waals surface area contributed by atoms with Crippen LogP contribution >= 0.6 is 0 Å². The van der Waals surface area contributed by atoms with Gasteiger partial charge in [-0.05, 0) is 164 Å². The number of anilines is 7. The van der Waals surface area contributed by atoms with Crippen molar-refractivity contribution in [2.75, 3.05) is 14.7 Å². The monoisotopic (exact) mass is 1070 g/mol. The summed E-state index contributed by atoms with van der Waals surface area (Å²) in [6.07, 6.45) is 9.68. The summed E-state index contributed by atoms with van der Waals surface area (Å²) in [6.45, 7) is 44.4. The third-order valence-corrected chi connectivity index (χ3v) is 23.0. The molecule has 4 heteroatoms. The lowest BCUT2D eigenvalue weighted by Crippen LogP contribution is -2.65. The normalized spacial score (nSPS) is 24.7. The van der Waals surface area contributed by atoms with Crippen LogP contribution in [0.5, 0.6) is 0 Å². The standard InChI is InChI=1S/C77H90BN3/c1-69(2,3)48-28-31-55-54(41-48)65-56(73(55,13)14)32-33-59-68(65)79(61-34-29-49(70(4,5)6)40-53(61)47-26-20-19-21-27-47)63-45-52(80-62-35-30-50(71(7,8)9)42-57(62)74(15)36-22-24-38-76(74,80)17)46-64-66(63)78(59)60-44-51(72(10,11)12)43-58-67(60)81(64)77(18)39-25-23-37-75(58,77)16/h19-21,26-35,40-46H,22-25,36-39H2,1-18H3. The van der Waals surface area contributed by atoms with E-state index in [1.807, 2.05) is 0 Å². The summed E-state index contributed by atoms with van der Waals surface area (Å²) in [4.78, 5) is 8.77. The van der Waals surface area contributed by atoms with E-state index in [-0.39, 0.29) is 55.7 Å². The average Bonchev–Trinajstić information content (AvgIpc) is 2.39. The van der Waals surface area contributed by atoms with Crippen LogP contribution in [0.25, 0.3) is 22.3 Å². The SMILES string of the molecule is CC(C)(C)c1ccc(N2c3cc(N4c5ccc(C(C)(C)C)cc5C5(C)CCCCC45C)cc4c3B(c3ccc5c(c32)-c2cc(C(C)(C)C)ccc2C5(C)C)c2cc(C(C)(C)C)cc3c2N4C2(C)CCCCC32C)c(-c2ccccc2)c1. The molecule has 7 aromatic rings. The van der Waals surface area contributed by atoms with Crippen LogP contribution in [0.4, 0.5) is 39.8 Å².